The first-order valence-corrected chi connectivity index (χ1v) is 12.0. The molecule has 0 saturated heterocycles. The highest BCUT2D eigenvalue weighted by atomic mass is 32.2. The van der Waals surface area contributed by atoms with Gasteiger partial charge in [0.2, 0.25) is 0 Å². The molecule has 0 fully saturated rings. The molecule has 2 N–H and O–H groups in total. The SMILES string of the molecule is CCCSc1nc(NCC(C)C)c2cnn(CCNC(=O)COc3ccc(C)cc3)c2n1. The maximum absolute atomic E-state index is 12.1. The van der Waals surface area contributed by atoms with Crippen LogP contribution in [0.3, 0.4) is 0 Å². The van der Waals surface area contributed by atoms with Crippen molar-refractivity contribution in [2.24, 2.45) is 5.92 Å². The zero-order valence-electron chi connectivity index (χ0n) is 19.2. The molecule has 3 rings (SSSR count). The second-order valence-corrected chi connectivity index (χ2v) is 9.10. The highest BCUT2D eigenvalue weighted by Crippen LogP contribution is 2.25. The minimum atomic E-state index is -0.171. The van der Waals surface area contributed by atoms with Crippen LogP contribution in [0.1, 0.15) is 32.8 Å². The first-order chi connectivity index (χ1) is 15.5. The molecular weight excluding hydrogens is 424 g/mol. The van der Waals surface area contributed by atoms with Gasteiger partial charge in [-0.3, -0.25) is 4.79 Å². The summed E-state index contributed by atoms with van der Waals surface area (Å²) in [5.74, 6) is 2.78. The van der Waals surface area contributed by atoms with Gasteiger partial charge in [-0.2, -0.15) is 5.10 Å². The molecule has 0 aliphatic rings. The van der Waals surface area contributed by atoms with E-state index in [1.54, 1.807) is 18.0 Å². The highest BCUT2D eigenvalue weighted by molar-refractivity contribution is 7.99. The number of carbonyl (C=O) groups is 1. The molecule has 1 amide bonds. The number of hydrogen-bond acceptors (Lipinski definition) is 7. The van der Waals surface area contributed by atoms with Gasteiger partial charge in [0.15, 0.2) is 17.4 Å². The summed E-state index contributed by atoms with van der Waals surface area (Å²) in [5.41, 5.74) is 1.92. The van der Waals surface area contributed by atoms with E-state index in [2.05, 4.69) is 36.5 Å². The Kier molecular flexibility index (Phi) is 8.72. The average molecular weight is 457 g/mol. The topological polar surface area (TPSA) is 94.0 Å². The number of thioether (sulfide) groups is 1. The number of amides is 1. The molecule has 32 heavy (non-hydrogen) atoms. The van der Waals surface area contributed by atoms with Gasteiger partial charge >= 0.3 is 0 Å². The molecule has 0 spiro atoms. The fourth-order valence-corrected chi connectivity index (χ4v) is 3.62. The number of rotatable bonds is 12. The molecule has 0 aliphatic carbocycles. The predicted molar refractivity (Wildman–Crippen MR) is 129 cm³/mol. The Hall–Kier alpha value is -2.81. The normalized spacial score (nSPS) is 11.2. The molecule has 2 heterocycles. The van der Waals surface area contributed by atoms with Crippen molar-refractivity contribution in [2.45, 2.75) is 45.8 Å². The Bertz CT molecular complexity index is 1020. The fraction of sp³-hybridized carbons (Fsp3) is 0.478. The van der Waals surface area contributed by atoms with Crippen LogP contribution in [0, 0.1) is 12.8 Å². The van der Waals surface area contributed by atoms with Crippen LogP contribution >= 0.6 is 11.8 Å². The zero-order valence-corrected chi connectivity index (χ0v) is 20.0. The number of ether oxygens (including phenoxy) is 1. The van der Waals surface area contributed by atoms with Gasteiger partial charge in [0, 0.05) is 18.8 Å². The van der Waals surface area contributed by atoms with Gasteiger partial charge in [-0.05, 0) is 31.4 Å². The summed E-state index contributed by atoms with van der Waals surface area (Å²) in [7, 11) is 0. The van der Waals surface area contributed by atoms with Crippen LogP contribution in [0.25, 0.3) is 11.0 Å². The van der Waals surface area contributed by atoms with Crippen LogP contribution in [-0.2, 0) is 11.3 Å². The van der Waals surface area contributed by atoms with Crippen LogP contribution in [-0.4, -0.2) is 51.1 Å². The summed E-state index contributed by atoms with van der Waals surface area (Å²) in [6.07, 6.45) is 2.84. The van der Waals surface area contributed by atoms with Crippen LogP contribution in [0.4, 0.5) is 5.82 Å². The lowest BCUT2D eigenvalue weighted by Gasteiger charge is -2.11. The minimum absolute atomic E-state index is 0.0217. The van der Waals surface area contributed by atoms with Crippen molar-refractivity contribution in [1.29, 1.82) is 0 Å². The summed E-state index contributed by atoms with van der Waals surface area (Å²) < 4.78 is 7.34. The molecular formula is C23H32N6O2S. The first kappa shape index (κ1) is 23.8. The molecule has 0 bridgehead atoms. The number of benzene rings is 1. The third kappa shape index (κ3) is 6.85. The monoisotopic (exact) mass is 456 g/mol. The van der Waals surface area contributed by atoms with Gasteiger partial charge in [0.25, 0.3) is 5.91 Å². The van der Waals surface area contributed by atoms with Crippen molar-refractivity contribution in [3.63, 3.8) is 0 Å². The molecule has 172 valence electrons. The van der Waals surface area contributed by atoms with Crippen LogP contribution in [0.2, 0.25) is 0 Å². The molecule has 8 nitrogen and oxygen atoms in total. The summed E-state index contributed by atoms with van der Waals surface area (Å²) in [5, 5.41) is 12.4. The van der Waals surface area contributed by atoms with E-state index in [1.165, 1.54) is 0 Å². The van der Waals surface area contributed by atoms with Gasteiger partial charge in [-0.25, -0.2) is 14.6 Å². The lowest BCUT2D eigenvalue weighted by molar-refractivity contribution is -0.123. The molecule has 0 atom stereocenters. The summed E-state index contributed by atoms with van der Waals surface area (Å²) in [6, 6.07) is 7.62. The maximum atomic E-state index is 12.1. The van der Waals surface area contributed by atoms with E-state index < -0.39 is 0 Å². The molecule has 0 aliphatic heterocycles. The van der Waals surface area contributed by atoms with Gasteiger partial charge in [-0.15, -0.1) is 0 Å². The largest absolute Gasteiger partial charge is 0.484 e. The van der Waals surface area contributed by atoms with Gasteiger partial charge in [0.05, 0.1) is 18.1 Å². The van der Waals surface area contributed by atoms with Crippen molar-refractivity contribution >= 4 is 34.5 Å². The Morgan fingerprint density at radius 1 is 1.22 bits per heavy atom. The average Bonchev–Trinajstić information content (AvgIpc) is 3.18. The fourth-order valence-electron chi connectivity index (χ4n) is 2.93. The van der Waals surface area contributed by atoms with E-state index >= 15 is 0 Å². The molecule has 2 aromatic heterocycles. The Labute approximate surface area is 193 Å². The highest BCUT2D eigenvalue weighted by Gasteiger charge is 2.14. The molecule has 1 aromatic carbocycles. The molecule has 3 aromatic rings. The van der Waals surface area contributed by atoms with E-state index in [0.717, 1.165) is 46.3 Å². The van der Waals surface area contributed by atoms with Gasteiger partial charge in [-0.1, -0.05) is 50.2 Å². The van der Waals surface area contributed by atoms with Crippen LogP contribution in [0.15, 0.2) is 35.6 Å². The standard InChI is InChI=1S/C23H32N6O2S/c1-5-12-32-23-27-21(25-13-16(2)3)19-14-26-29(22(19)28-23)11-10-24-20(30)15-31-18-8-6-17(4)7-9-18/h6-9,14,16H,5,10-13,15H2,1-4H3,(H,24,30)(H,25,27,28). The summed E-state index contributed by atoms with van der Waals surface area (Å²) >= 11 is 1.64. The number of aryl methyl sites for hydroxylation is 1. The number of fused-ring (bicyclic) bond motifs is 1. The van der Waals surface area contributed by atoms with E-state index in [9.17, 15) is 4.79 Å². The number of aromatic nitrogens is 4. The maximum Gasteiger partial charge on any atom is 0.258 e. The van der Waals surface area contributed by atoms with Gasteiger partial charge < -0.3 is 15.4 Å². The third-order valence-electron chi connectivity index (χ3n) is 4.63. The minimum Gasteiger partial charge on any atom is -0.484 e. The Morgan fingerprint density at radius 3 is 2.72 bits per heavy atom. The van der Waals surface area contributed by atoms with Crippen molar-refractivity contribution in [2.75, 3.05) is 30.8 Å². The zero-order chi connectivity index (χ0) is 22.9. The van der Waals surface area contributed by atoms with E-state index in [1.807, 2.05) is 35.9 Å². The number of hydrogen-bond donors (Lipinski definition) is 2. The van der Waals surface area contributed by atoms with Crippen LogP contribution in [0.5, 0.6) is 5.75 Å². The predicted octanol–water partition coefficient (Wildman–Crippen LogP) is 3.90. The number of anilines is 1. The number of nitrogens with one attached hydrogen (secondary N) is 2. The quantitative estimate of drug-likeness (QED) is 0.315. The van der Waals surface area contributed by atoms with Gasteiger partial charge in [0.1, 0.15) is 11.6 Å². The lowest BCUT2D eigenvalue weighted by atomic mass is 10.2. The molecule has 0 unspecified atom stereocenters. The molecule has 9 heteroatoms. The third-order valence-corrected chi connectivity index (χ3v) is 5.68. The lowest BCUT2D eigenvalue weighted by Crippen LogP contribution is -2.31. The smallest absolute Gasteiger partial charge is 0.258 e. The van der Waals surface area contributed by atoms with Crippen molar-refractivity contribution < 1.29 is 9.53 Å². The van der Waals surface area contributed by atoms with Crippen molar-refractivity contribution in [1.82, 2.24) is 25.1 Å². The molecule has 0 radical (unpaired) electrons. The summed E-state index contributed by atoms with van der Waals surface area (Å²) in [4.78, 5) is 21.6. The molecule has 0 saturated carbocycles. The van der Waals surface area contributed by atoms with Crippen molar-refractivity contribution in [3.05, 3.63) is 36.0 Å². The number of carbonyl (C=O) groups excluding carboxylic acids is 1. The van der Waals surface area contributed by atoms with E-state index in [4.69, 9.17) is 14.7 Å². The van der Waals surface area contributed by atoms with E-state index in [0.29, 0.717) is 24.8 Å². The second-order valence-electron chi connectivity index (χ2n) is 8.03. The number of nitrogens with zero attached hydrogens (tertiary/aromatic N) is 4. The Balaban J connectivity index is 1.61. The Morgan fingerprint density at radius 2 is 2.00 bits per heavy atom. The first-order valence-electron chi connectivity index (χ1n) is 11.0. The summed E-state index contributed by atoms with van der Waals surface area (Å²) in [6.45, 7) is 10.2. The van der Waals surface area contributed by atoms with Crippen LogP contribution < -0.4 is 15.4 Å². The second kappa shape index (κ2) is 11.7. The van der Waals surface area contributed by atoms with E-state index in [-0.39, 0.29) is 12.5 Å². The van der Waals surface area contributed by atoms with Crippen molar-refractivity contribution in [3.8, 4) is 5.75 Å².